The Morgan fingerprint density at radius 3 is 2.86 bits per heavy atom. The van der Waals surface area contributed by atoms with E-state index in [-0.39, 0.29) is 5.91 Å². The fourth-order valence-corrected chi connectivity index (χ4v) is 4.37. The van der Waals surface area contributed by atoms with Crippen LogP contribution < -0.4 is 5.32 Å². The maximum atomic E-state index is 12.2. The molecule has 0 aliphatic heterocycles. The minimum Gasteiger partial charge on any atom is -0.350 e. The summed E-state index contributed by atoms with van der Waals surface area (Å²) >= 11 is 3.19. The fraction of sp³-hybridized carbons (Fsp3) is 0.500. The number of rotatable bonds is 4. The number of nitrogens with one attached hydrogen (secondary N) is 1. The number of thiophene rings is 1. The predicted octanol–water partition coefficient (Wildman–Crippen LogP) is 4.43. The molecule has 1 saturated carbocycles. The monoisotopic (exact) mass is 320 g/mol. The molecule has 0 unspecified atom stereocenters. The summed E-state index contributed by atoms with van der Waals surface area (Å²) in [6, 6.07) is 4.04. The first kappa shape index (κ1) is 14.7. The number of carbonyl (C=O) groups excluding carboxylic acids is 1. The lowest BCUT2D eigenvalue weighted by Gasteiger charge is -2.26. The van der Waals surface area contributed by atoms with E-state index in [1.807, 2.05) is 22.9 Å². The van der Waals surface area contributed by atoms with Gasteiger partial charge in [-0.3, -0.25) is 4.79 Å². The van der Waals surface area contributed by atoms with Crippen LogP contribution in [0.2, 0.25) is 0 Å². The van der Waals surface area contributed by atoms with Crippen LogP contribution in [0.4, 0.5) is 0 Å². The molecular formula is C16H20N2OS2. The number of hydrogen-bond acceptors (Lipinski definition) is 4. The molecule has 0 aromatic carbocycles. The zero-order valence-corrected chi connectivity index (χ0v) is 13.8. The summed E-state index contributed by atoms with van der Waals surface area (Å²) < 4.78 is 0. The summed E-state index contributed by atoms with van der Waals surface area (Å²) in [6.07, 6.45) is 5.05. The summed E-state index contributed by atoms with van der Waals surface area (Å²) in [6.45, 7) is 3.10. The molecule has 0 saturated heterocycles. The highest BCUT2D eigenvalue weighted by atomic mass is 32.1. The molecule has 1 fully saturated rings. The Balaban J connectivity index is 1.54. The molecular weight excluding hydrogens is 300 g/mol. The first-order valence-electron chi connectivity index (χ1n) is 7.50. The van der Waals surface area contributed by atoms with E-state index < -0.39 is 0 Å². The van der Waals surface area contributed by atoms with Gasteiger partial charge in [0.2, 0.25) is 0 Å². The van der Waals surface area contributed by atoms with Crippen LogP contribution in [0.15, 0.2) is 22.9 Å². The Kier molecular flexibility index (Phi) is 4.70. The molecule has 5 heteroatoms. The van der Waals surface area contributed by atoms with Crippen LogP contribution in [-0.4, -0.2) is 17.4 Å². The molecule has 3 rings (SSSR count). The van der Waals surface area contributed by atoms with Gasteiger partial charge in [-0.2, -0.15) is 0 Å². The molecule has 0 atom stereocenters. The van der Waals surface area contributed by atoms with Crippen molar-refractivity contribution < 1.29 is 4.79 Å². The van der Waals surface area contributed by atoms with Crippen LogP contribution in [0, 0.1) is 11.8 Å². The normalized spacial score (nSPS) is 22.1. The van der Waals surface area contributed by atoms with E-state index in [9.17, 15) is 4.79 Å². The maximum Gasteiger partial charge on any atom is 0.270 e. The van der Waals surface area contributed by atoms with Crippen molar-refractivity contribution in [1.82, 2.24) is 10.3 Å². The molecule has 1 aliphatic carbocycles. The zero-order valence-electron chi connectivity index (χ0n) is 12.2. The van der Waals surface area contributed by atoms with E-state index in [4.69, 9.17) is 0 Å². The standard InChI is InChI=1S/C16H20N2OS2/c1-11-4-6-12(7-5-11)9-17-15(19)13-10-21-16(18-13)14-3-2-8-20-14/h2-3,8,10-12H,4-7,9H2,1H3,(H,17,19). The first-order valence-corrected chi connectivity index (χ1v) is 9.26. The van der Waals surface area contributed by atoms with Crippen LogP contribution in [0.1, 0.15) is 43.1 Å². The molecule has 1 amide bonds. The van der Waals surface area contributed by atoms with Gasteiger partial charge in [0.05, 0.1) is 4.88 Å². The lowest BCUT2D eigenvalue weighted by Crippen LogP contribution is -2.31. The molecule has 2 heterocycles. The molecule has 2 aromatic rings. The van der Waals surface area contributed by atoms with E-state index in [0.717, 1.165) is 22.3 Å². The predicted molar refractivity (Wildman–Crippen MR) is 88.9 cm³/mol. The van der Waals surface area contributed by atoms with Gasteiger partial charge in [-0.1, -0.05) is 25.8 Å². The highest BCUT2D eigenvalue weighted by molar-refractivity contribution is 7.20. The number of hydrogen-bond donors (Lipinski definition) is 1. The van der Waals surface area contributed by atoms with E-state index in [1.165, 1.54) is 37.0 Å². The van der Waals surface area contributed by atoms with E-state index in [0.29, 0.717) is 11.6 Å². The second-order valence-electron chi connectivity index (χ2n) is 5.85. The van der Waals surface area contributed by atoms with Gasteiger partial charge in [0.25, 0.3) is 5.91 Å². The smallest absolute Gasteiger partial charge is 0.270 e. The third-order valence-electron chi connectivity index (χ3n) is 4.16. The largest absolute Gasteiger partial charge is 0.350 e. The van der Waals surface area contributed by atoms with E-state index in [2.05, 4.69) is 17.2 Å². The topological polar surface area (TPSA) is 42.0 Å². The molecule has 1 N–H and O–H groups in total. The van der Waals surface area contributed by atoms with Gasteiger partial charge in [0.1, 0.15) is 10.7 Å². The van der Waals surface area contributed by atoms with Gasteiger partial charge in [-0.15, -0.1) is 22.7 Å². The maximum absolute atomic E-state index is 12.2. The van der Waals surface area contributed by atoms with Gasteiger partial charge in [-0.05, 0) is 36.1 Å². The molecule has 2 aromatic heterocycles. The van der Waals surface area contributed by atoms with Crippen LogP contribution in [-0.2, 0) is 0 Å². The number of carbonyl (C=O) groups is 1. The summed E-state index contributed by atoms with van der Waals surface area (Å²) in [5.41, 5.74) is 0.549. The summed E-state index contributed by atoms with van der Waals surface area (Å²) in [7, 11) is 0. The van der Waals surface area contributed by atoms with Gasteiger partial charge in [0, 0.05) is 11.9 Å². The van der Waals surface area contributed by atoms with Crippen LogP contribution in [0.3, 0.4) is 0 Å². The SMILES string of the molecule is CC1CCC(CNC(=O)c2csc(-c3cccs3)n2)CC1. The minimum absolute atomic E-state index is 0.0346. The highest BCUT2D eigenvalue weighted by Gasteiger charge is 2.19. The van der Waals surface area contributed by atoms with Crippen molar-refractivity contribution in [2.75, 3.05) is 6.54 Å². The first-order chi connectivity index (χ1) is 10.2. The van der Waals surface area contributed by atoms with E-state index in [1.54, 1.807) is 11.3 Å². The number of nitrogens with zero attached hydrogens (tertiary/aromatic N) is 1. The van der Waals surface area contributed by atoms with Crippen molar-refractivity contribution in [3.8, 4) is 9.88 Å². The van der Waals surface area contributed by atoms with Crippen molar-refractivity contribution in [2.45, 2.75) is 32.6 Å². The third kappa shape index (κ3) is 3.71. The van der Waals surface area contributed by atoms with E-state index >= 15 is 0 Å². The highest BCUT2D eigenvalue weighted by Crippen LogP contribution is 2.29. The van der Waals surface area contributed by atoms with Gasteiger partial charge >= 0.3 is 0 Å². The lowest BCUT2D eigenvalue weighted by atomic mass is 9.83. The Labute approximate surface area is 133 Å². The van der Waals surface area contributed by atoms with Gasteiger partial charge in [0.15, 0.2) is 0 Å². The average molecular weight is 320 g/mol. The van der Waals surface area contributed by atoms with Gasteiger partial charge in [-0.25, -0.2) is 4.98 Å². The fourth-order valence-electron chi connectivity index (χ4n) is 2.75. The van der Waals surface area contributed by atoms with Crippen molar-refractivity contribution >= 4 is 28.6 Å². The molecule has 3 nitrogen and oxygen atoms in total. The molecule has 0 bridgehead atoms. The van der Waals surface area contributed by atoms with Gasteiger partial charge < -0.3 is 5.32 Å². The number of amides is 1. The minimum atomic E-state index is -0.0346. The molecule has 1 aliphatic rings. The second-order valence-corrected chi connectivity index (χ2v) is 7.66. The Hall–Kier alpha value is -1.20. The van der Waals surface area contributed by atoms with Crippen LogP contribution in [0.25, 0.3) is 9.88 Å². The molecule has 112 valence electrons. The molecule has 0 spiro atoms. The third-order valence-corrected chi connectivity index (χ3v) is 6.04. The Morgan fingerprint density at radius 2 is 2.14 bits per heavy atom. The molecule has 0 radical (unpaired) electrons. The lowest BCUT2D eigenvalue weighted by molar-refractivity contribution is 0.0937. The van der Waals surface area contributed by atoms with Crippen molar-refractivity contribution in [2.24, 2.45) is 11.8 Å². The summed E-state index contributed by atoms with van der Waals surface area (Å²) in [5, 5.41) is 7.87. The average Bonchev–Trinajstić information content (AvgIpc) is 3.17. The molecule has 21 heavy (non-hydrogen) atoms. The van der Waals surface area contributed by atoms with Crippen LogP contribution in [0.5, 0.6) is 0 Å². The second kappa shape index (κ2) is 6.71. The van der Waals surface area contributed by atoms with Crippen molar-refractivity contribution in [3.05, 3.63) is 28.6 Å². The van der Waals surface area contributed by atoms with Crippen LogP contribution >= 0.6 is 22.7 Å². The summed E-state index contributed by atoms with van der Waals surface area (Å²) in [5.74, 6) is 1.46. The Bertz CT molecular complexity index is 583. The summed E-state index contributed by atoms with van der Waals surface area (Å²) in [4.78, 5) is 17.7. The Morgan fingerprint density at radius 1 is 1.33 bits per heavy atom. The van der Waals surface area contributed by atoms with Crippen molar-refractivity contribution in [3.63, 3.8) is 0 Å². The zero-order chi connectivity index (χ0) is 14.7. The quantitative estimate of drug-likeness (QED) is 0.905. The van der Waals surface area contributed by atoms with Crippen molar-refractivity contribution in [1.29, 1.82) is 0 Å². The number of aromatic nitrogens is 1. The number of thiazole rings is 1.